The molecule has 2 heterocycles. The second kappa shape index (κ2) is 9.04. The Morgan fingerprint density at radius 2 is 1.88 bits per heavy atom. The minimum atomic E-state index is -0.467. The third-order valence-corrected chi connectivity index (χ3v) is 5.27. The van der Waals surface area contributed by atoms with Crippen molar-refractivity contribution in [1.29, 1.82) is 0 Å². The van der Waals surface area contributed by atoms with Gasteiger partial charge in [-0.15, -0.1) is 0 Å². The molecule has 0 aliphatic rings. The molecular formula is C25H24N4O4. The van der Waals surface area contributed by atoms with Gasteiger partial charge in [-0.2, -0.15) is 5.10 Å². The van der Waals surface area contributed by atoms with Gasteiger partial charge in [0.1, 0.15) is 11.3 Å². The van der Waals surface area contributed by atoms with E-state index in [1.54, 1.807) is 36.5 Å². The fourth-order valence-corrected chi connectivity index (χ4v) is 3.70. The molecule has 2 amide bonds. The zero-order valence-corrected chi connectivity index (χ0v) is 18.6. The van der Waals surface area contributed by atoms with E-state index in [1.165, 1.54) is 0 Å². The lowest BCUT2D eigenvalue weighted by Gasteiger charge is -2.10. The summed E-state index contributed by atoms with van der Waals surface area (Å²) < 4.78 is 13.1. The van der Waals surface area contributed by atoms with E-state index in [0.717, 1.165) is 33.8 Å². The number of rotatable bonds is 7. The molecule has 2 aromatic carbocycles. The van der Waals surface area contributed by atoms with Gasteiger partial charge >= 0.3 is 5.91 Å². The number of hydrogen-bond acceptors (Lipinski definition) is 5. The maximum atomic E-state index is 12.5. The van der Waals surface area contributed by atoms with E-state index in [0.29, 0.717) is 17.8 Å². The lowest BCUT2D eigenvalue weighted by atomic mass is 10.2. The normalized spacial score (nSPS) is 11.2. The SMILES string of the molecule is CCOc1ccc2oc(C(=O)N/N=C/c3cc(C)n(-c4ccc(C(N)=O)cc4)c3C)cc2c1. The number of carbonyl (C=O) groups is 2. The lowest BCUT2D eigenvalue weighted by molar-refractivity contribution is 0.0929. The van der Waals surface area contributed by atoms with Crippen LogP contribution in [-0.4, -0.2) is 29.2 Å². The monoisotopic (exact) mass is 444 g/mol. The first-order valence-electron chi connectivity index (χ1n) is 10.5. The van der Waals surface area contributed by atoms with E-state index in [9.17, 15) is 9.59 Å². The molecule has 0 spiro atoms. The molecule has 0 atom stereocenters. The van der Waals surface area contributed by atoms with Crippen molar-refractivity contribution in [2.45, 2.75) is 20.8 Å². The molecular weight excluding hydrogens is 420 g/mol. The molecule has 33 heavy (non-hydrogen) atoms. The number of furan rings is 1. The number of aromatic nitrogens is 1. The van der Waals surface area contributed by atoms with Gasteiger partial charge in [-0.05, 0) is 75.4 Å². The quantitative estimate of drug-likeness (QED) is 0.330. The summed E-state index contributed by atoms with van der Waals surface area (Å²) in [6.07, 6.45) is 1.59. The summed E-state index contributed by atoms with van der Waals surface area (Å²) in [5, 5.41) is 4.88. The number of fused-ring (bicyclic) bond motifs is 1. The van der Waals surface area contributed by atoms with E-state index >= 15 is 0 Å². The van der Waals surface area contributed by atoms with Crippen LogP contribution in [0.25, 0.3) is 16.7 Å². The zero-order chi connectivity index (χ0) is 23.5. The number of hydrogen-bond donors (Lipinski definition) is 2. The van der Waals surface area contributed by atoms with Gasteiger partial charge in [0, 0.05) is 33.6 Å². The van der Waals surface area contributed by atoms with Crippen molar-refractivity contribution in [2.75, 3.05) is 6.61 Å². The predicted octanol–water partition coefficient (Wildman–Crippen LogP) is 4.10. The van der Waals surface area contributed by atoms with Gasteiger partial charge in [0.25, 0.3) is 0 Å². The average Bonchev–Trinajstić information content (AvgIpc) is 3.34. The van der Waals surface area contributed by atoms with Crippen molar-refractivity contribution >= 4 is 29.0 Å². The molecule has 0 aliphatic heterocycles. The van der Waals surface area contributed by atoms with E-state index in [-0.39, 0.29) is 5.76 Å². The molecule has 0 saturated heterocycles. The second-order valence-corrected chi connectivity index (χ2v) is 7.52. The van der Waals surface area contributed by atoms with Gasteiger partial charge in [0.2, 0.25) is 5.91 Å². The van der Waals surface area contributed by atoms with Crippen molar-refractivity contribution in [2.24, 2.45) is 10.8 Å². The first kappa shape index (κ1) is 21.9. The minimum Gasteiger partial charge on any atom is -0.494 e. The third-order valence-electron chi connectivity index (χ3n) is 5.27. The molecule has 8 heteroatoms. The summed E-state index contributed by atoms with van der Waals surface area (Å²) in [6, 6.07) is 16.1. The first-order chi connectivity index (χ1) is 15.9. The van der Waals surface area contributed by atoms with Crippen LogP contribution in [0.15, 0.2) is 64.1 Å². The van der Waals surface area contributed by atoms with E-state index in [4.69, 9.17) is 14.9 Å². The molecule has 0 fully saturated rings. The van der Waals surface area contributed by atoms with Crippen LogP contribution in [0.2, 0.25) is 0 Å². The van der Waals surface area contributed by atoms with Crippen LogP contribution in [0.3, 0.4) is 0 Å². The van der Waals surface area contributed by atoms with Gasteiger partial charge in [0.15, 0.2) is 5.76 Å². The molecule has 0 radical (unpaired) electrons. The zero-order valence-electron chi connectivity index (χ0n) is 18.6. The van der Waals surface area contributed by atoms with Crippen LogP contribution in [0.4, 0.5) is 0 Å². The summed E-state index contributed by atoms with van der Waals surface area (Å²) in [6.45, 7) is 6.39. The van der Waals surface area contributed by atoms with Crippen LogP contribution < -0.4 is 15.9 Å². The number of nitrogens with two attached hydrogens (primary N) is 1. The Labute approximate surface area is 190 Å². The molecule has 0 aliphatic carbocycles. The number of carbonyl (C=O) groups excluding carboxylic acids is 2. The molecule has 0 unspecified atom stereocenters. The Kier molecular flexibility index (Phi) is 5.99. The first-order valence-corrected chi connectivity index (χ1v) is 10.5. The van der Waals surface area contributed by atoms with E-state index < -0.39 is 11.8 Å². The number of benzene rings is 2. The number of ether oxygens (including phenoxy) is 1. The molecule has 2 aromatic heterocycles. The third kappa shape index (κ3) is 4.50. The Morgan fingerprint density at radius 1 is 1.12 bits per heavy atom. The average molecular weight is 444 g/mol. The highest BCUT2D eigenvalue weighted by Gasteiger charge is 2.13. The number of hydrazone groups is 1. The maximum Gasteiger partial charge on any atom is 0.307 e. The molecule has 8 nitrogen and oxygen atoms in total. The summed E-state index contributed by atoms with van der Waals surface area (Å²) in [5.41, 5.74) is 12.5. The van der Waals surface area contributed by atoms with Gasteiger partial charge < -0.3 is 19.5 Å². The standard InChI is InChI=1S/C25H24N4O4/c1-4-32-21-9-10-22-18(12-21)13-23(33-22)25(31)28-27-14-19-11-15(2)29(16(19)3)20-7-5-17(6-8-20)24(26)30/h5-14H,4H2,1-3H3,(H2,26,30)(H,28,31)/b27-14+. The Balaban J connectivity index is 1.49. The highest BCUT2D eigenvalue weighted by atomic mass is 16.5. The van der Waals surface area contributed by atoms with Gasteiger partial charge in [-0.3, -0.25) is 9.59 Å². The number of nitrogens with zero attached hydrogens (tertiary/aromatic N) is 2. The Hall–Kier alpha value is -4.33. The smallest absolute Gasteiger partial charge is 0.307 e. The fourth-order valence-electron chi connectivity index (χ4n) is 3.70. The molecule has 3 N–H and O–H groups in total. The maximum absolute atomic E-state index is 12.5. The van der Waals surface area contributed by atoms with Gasteiger partial charge in [-0.1, -0.05) is 0 Å². The van der Waals surface area contributed by atoms with Crippen LogP contribution in [0.5, 0.6) is 5.75 Å². The Bertz CT molecular complexity index is 1360. The predicted molar refractivity (Wildman–Crippen MR) is 126 cm³/mol. The van der Waals surface area contributed by atoms with E-state index in [1.807, 2.05) is 49.6 Å². The van der Waals surface area contributed by atoms with E-state index in [2.05, 4.69) is 10.5 Å². The fraction of sp³-hybridized carbons (Fsp3) is 0.160. The van der Waals surface area contributed by atoms with Crippen molar-refractivity contribution in [3.05, 3.63) is 82.9 Å². The van der Waals surface area contributed by atoms with Gasteiger partial charge in [-0.25, -0.2) is 5.43 Å². The van der Waals surface area contributed by atoms with Crippen LogP contribution >= 0.6 is 0 Å². The van der Waals surface area contributed by atoms with Crippen molar-refractivity contribution < 1.29 is 18.7 Å². The summed E-state index contributed by atoms with van der Waals surface area (Å²) in [7, 11) is 0. The highest BCUT2D eigenvalue weighted by molar-refractivity contribution is 5.97. The number of aryl methyl sites for hydroxylation is 1. The lowest BCUT2D eigenvalue weighted by Crippen LogP contribution is -2.16. The van der Waals surface area contributed by atoms with Crippen LogP contribution in [-0.2, 0) is 0 Å². The molecule has 0 saturated carbocycles. The largest absolute Gasteiger partial charge is 0.494 e. The van der Waals surface area contributed by atoms with Crippen LogP contribution in [0, 0.1) is 13.8 Å². The van der Waals surface area contributed by atoms with Crippen molar-refractivity contribution in [1.82, 2.24) is 9.99 Å². The number of amides is 2. The molecule has 4 aromatic rings. The molecule has 0 bridgehead atoms. The summed E-state index contributed by atoms with van der Waals surface area (Å²) >= 11 is 0. The van der Waals surface area contributed by atoms with Crippen LogP contribution in [0.1, 0.15) is 44.8 Å². The second-order valence-electron chi connectivity index (χ2n) is 7.52. The number of primary amides is 1. The summed E-state index contributed by atoms with van der Waals surface area (Å²) in [4.78, 5) is 23.8. The summed E-state index contributed by atoms with van der Waals surface area (Å²) in [5.74, 6) is -0.0345. The molecule has 168 valence electrons. The van der Waals surface area contributed by atoms with Crippen molar-refractivity contribution in [3.8, 4) is 11.4 Å². The number of nitrogens with one attached hydrogen (secondary N) is 1. The van der Waals surface area contributed by atoms with Crippen molar-refractivity contribution in [3.63, 3.8) is 0 Å². The molecule has 4 rings (SSSR count). The topological polar surface area (TPSA) is 112 Å². The Morgan fingerprint density at radius 3 is 2.58 bits per heavy atom. The highest BCUT2D eigenvalue weighted by Crippen LogP contribution is 2.24. The minimum absolute atomic E-state index is 0.163. The van der Waals surface area contributed by atoms with Gasteiger partial charge in [0.05, 0.1) is 12.8 Å².